The van der Waals surface area contributed by atoms with Crippen molar-refractivity contribution in [2.45, 2.75) is 32.4 Å². The summed E-state index contributed by atoms with van der Waals surface area (Å²) < 4.78 is 14.3. The molecule has 3 aromatic rings. The molecule has 0 amide bonds. The van der Waals surface area contributed by atoms with E-state index in [-0.39, 0.29) is 11.2 Å². The first kappa shape index (κ1) is 17.5. The van der Waals surface area contributed by atoms with Gasteiger partial charge < -0.3 is 5.11 Å². The number of nitrogens with one attached hydrogen (secondary N) is 1. The maximum absolute atomic E-state index is 14.3. The zero-order valence-electron chi connectivity index (χ0n) is 14.8. The summed E-state index contributed by atoms with van der Waals surface area (Å²) in [5.41, 5.74) is 2.52. The Morgan fingerprint density at radius 3 is 2.44 bits per heavy atom. The monoisotopic (exact) mass is 339 g/mol. The summed E-state index contributed by atoms with van der Waals surface area (Å²) in [6.45, 7) is 5.98. The van der Waals surface area contributed by atoms with E-state index in [1.54, 1.807) is 31.6 Å². The molecule has 5 heteroatoms. The van der Waals surface area contributed by atoms with Crippen LogP contribution in [0.3, 0.4) is 0 Å². The van der Waals surface area contributed by atoms with Crippen LogP contribution in [0, 0.1) is 5.82 Å². The Hall–Kier alpha value is -2.37. The summed E-state index contributed by atoms with van der Waals surface area (Å²) in [6, 6.07) is 8.85. The van der Waals surface area contributed by atoms with Crippen LogP contribution in [0.25, 0.3) is 22.0 Å². The van der Waals surface area contributed by atoms with Crippen molar-refractivity contribution < 1.29 is 9.50 Å². The van der Waals surface area contributed by atoms with E-state index in [9.17, 15) is 9.50 Å². The second-order valence-corrected chi connectivity index (χ2v) is 7.13. The topological polar surface area (TPSA) is 58.0 Å². The fourth-order valence-corrected chi connectivity index (χ4v) is 2.98. The molecule has 0 aliphatic carbocycles. The maximum atomic E-state index is 14.3. The molecule has 130 valence electrons. The van der Waals surface area contributed by atoms with Gasteiger partial charge in [0.1, 0.15) is 12.0 Å². The molecule has 0 saturated heterocycles. The van der Waals surface area contributed by atoms with E-state index >= 15 is 0 Å². The molecular formula is C20H22FN3O. The normalized spacial score (nSPS) is 13.2. The van der Waals surface area contributed by atoms with Crippen molar-refractivity contribution in [2.24, 2.45) is 0 Å². The van der Waals surface area contributed by atoms with Crippen molar-refractivity contribution >= 4 is 10.8 Å². The van der Waals surface area contributed by atoms with Crippen molar-refractivity contribution in [1.29, 1.82) is 0 Å². The molecule has 3 rings (SSSR count). The standard InChI is InChI=1S/C20H22FN3O/c1-20(2,3)18-14-11-24-17(9-12(14)5-7-15(18)21)13-6-8-16(23-10-13)19(25)22-4/h5-11,19,22,25H,1-4H3. The lowest BCUT2D eigenvalue weighted by molar-refractivity contribution is 0.144. The smallest absolute Gasteiger partial charge is 0.147 e. The number of aliphatic hydroxyl groups excluding tert-OH is 1. The first-order valence-corrected chi connectivity index (χ1v) is 8.21. The van der Waals surface area contributed by atoms with Crippen LogP contribution in [0.4, 0.5) is 4.39 Å². The van der Waals surface area contributed by atoms with E-state index < -0.39 is 6.23 Å². The molecule has 4 nitrogen and oxygen atoms in total. The molecule has 0 aliphatic heterocycles. The zero-order valence-corrected chi connectivity index (χ0v) is 14.8. The van der Waals surface area contributed by atoms with Crippen LogP contribution in [-0.2, 0) is 5.41 Å². The second-order valence-electron chi connectivity index (χ2n) is 7.13. The number of aliphatic hydroxyl groups is 1. The van der Waals surface area contributed by atoms with Crippen LogP contribution in [0.5, 0.6) is 0 Å². The van der Waals surface area contributed by atoms with Gasteiger partial charge in [-0.15, -0.1) is 0 Å². The molecule has 1 unspecified atom stereocenters. The first-order valence-electron chi connectivity index (χ1n) is 8.21. The molecule has 2 N–H and O–H groups in total. The van der Waals surface area contributed by atoms with E-state index in [0.717, 1.165) is 22.0 Å². The molecule has 2 heterocycles. The minimum Gasteiger partial charge on any atom is -0.373 e. The van der Waals surface area contributed by atoms with Crippen LogP contribution in [0.15, 0.2) is 42.7 Å². The number of benzene rings is 1. The van der Waals surface area contributed by atoms with Crippen molar-refractivity contribution in [2.75, 3.05) is 7.05 Å². The fraction of sp³-hybridized carbons (Fsp3) is 0.300. The molecule has 1 atom stereocenters. The fourth-order valence-electron chi connectivity index (χ4n) is 2.98. The van der Waals surface area contributed by atoms with E-state index in [0.29, 0.717) is 11.3 Å². The highest BCUT2D eigenvalue weighted by molar-refractivity contribution is 5.88. The number of hydrogen-bond acceptors (Lipinski definition) is 4. The summed E-state index contributed by atoms with van der Waals surface area (Å²) in [5.74, 6) is -0.207. The summed E-state index contributed by atoms with van der Waals surface area (Å²) in [5, 5.41) is 14.2. The van der Waals surface area contributed by atoms with Gasteiger partial charge in [-0.3, -0.25) is 15.3 Å². The molecule has 1 aromatic carbocycles. The van der Waals surface area contributed by atoms with Crippen LogP contribution in [-0.4, -0.2) is 22.1 Å². The quantitative estimate of drug-likeness (QED) is 0.710. The molecule has 0 radical (unpaired) electrons. The minimum absolute atomic E-state index is 0.207. The Labute approximate surface area is 146 Å². The van der Waals surface area contributed by atoms with E-state index in [1.165, 1.54) is 6.07 Å². The SMILES string of the molecule is CNC(O)c1ccc(-c2cc3ccc(F)c(C(C)(C)C)c3cn2)cn1. The maximum Gasteiger partial charge on any atom is 0.147 e. The lowest BCUT2D eigenvalue weighted by atomic mass is 9.83. The molecule has 0 bridgehead atoms. The van der Waals surface area contributed by atoms with Gasteiger partial charge in [-0.1, -0.05) is 26.8 Å². The Morgan fingerprint density at radius 2 is 1.84 bits per heavy atom. The van der Waals surface area contributed by atoms with Crippen LogP contribution in [0.1, 0.15) is 38.3 Å². The van der Waals surface area contributed by atoms with Crippen molar-refractivity contribution in [3.8, 4) is 11.3 Å². The van der Waals surface area contributed by atoms with Gasteiger partial charge in [0, 0.05) is 28.9 Å². The highest BCUT2D eigenvalue weighted by atomic mass is 19.1. The minimum atomic E-state index is -0.795. The number of aromatic nitrogens is 2. The van der Waals surface area contributed by atoms with Crippen LogP contribution >= 0.6 is 0 Å². The molecule has 0 aliphatic rings. The predicted octanol–water partition coefficient (Wildman–Crippen LogP) is 3.94. The van der Waals surface area contributed by atoms with Gasteiger partial charge >= 0.3 is 0 Å². The van der Waals surface area contributed by atoms with E-state index in [1.807, 2.05) is 32.9 Å². The Kier molecular flexibility index (Phi) is 4.54. The van der Waals surface area contributed by atoms with E-state index in [2.05, 4.69) is 15.3 Å². The highest BCUT2D eigenvalue weighted by Crippen LogP contribution is 2.33. The van der Waals surface area contributed by atoms with Crippen molar-refractivity contribution in [3.05, 3.63) is 59.8 Å². The summed E-state index contributed by atoms with van der Waals surface area (Å²) >= 11 is 0. The number of pyridine rings is 2. The average molecular weight is 339 g/mol. The third-order valence-corrected chi connectivity index (χ3v) is 4.24. The molecule has 2 aromatic heterocycles. The van der Waals surface area contributed by atoms with Gasteiger partial charge in [-0.05, 0) is 42.1 Å². The van der Waals surface area contributed by atoms with Gasteiger partial charge in [-0.25, -0.2) is 4.39 Å². The second kappa shape index (κ2) is 6.50. The van der Waals surface area contributed by atoms with E-state index in [4.69, 9.17) is 0 Å². The summed E-state index contributed by atoms with van der Waals surface area (Å²) in [6.07, 6.45) is 2.61. The number of halogens is 1. The predicted molar refractivity (Wildman–Crippen MR) is 97.7 cm³/mol. The molecule has 0 spiro atoms. The van der Waals surface area contributed by atoms with Gasteiger partial charge in [-0.2, -0.15) is 0 Å². The molecule has 0 fully saturated rings. The molecule has 25 heavy (non-hydrogen) atoms. The highest BCUT2D eigenvalue weighted by Gasteiger charge is 2.21. The lowest BCUT2D eigenvalue weighted by Gasteiger charge is -2.22. The number of fused-ring (bicyclic) bond motifs is 1. The number of rotatable bonds is 3. The number of hydrogen-bond donors (Lipinski definition) is 2. The third-order valence-electron chi connectivity index (χ3n) is 4.24. The lowest BCUT2D eigenvalue weighted by Crippen LogP contribution is -2.16. The zero-order chi connectivity index (χ0) is 18.2. The Morgan fingerprint density at radius 1 is 1.08 bits per heavy atom. The first-order chi connectivity index (χ1) is 11.8. The molecular weight excluding hydrogens is 317 g/mol. The van der Waals surface area contributed by atoms with Crippen molar-refractivity contribution in [1.82, 2.24) is 15.3 Å². The van der Waals surface area contributed by atoms with Gasteiger partial charge in [0.05, 0.1) is 11.4 Å². The van der Waals surface area contributed by atoms with Gasteiger partial charge in [0.25, 0.3) is 0 Å². The third kappa shape index (κ3) is 3.38. The largest absolute Gasteiger partial charge is 0.373 e. The Balaban J connectivity index is 2.06. The summed E-state index contributed by atoms with van der Waals surface area (Å²) in [7, 11) is 1.66. The van der Waals surface area contributed by atoms with Gasteiger partial charge in [0.15, 0.2) is 0 Å². The Bertz CT molecular complexity index is 901. The van der Waals surface area contributed by atoms with Crippen molar-refractivity contribution in [3.63, 3.8) is 0 Å². The van der Waals surface area contributed by atoms with Gasteiger partial charge in [0.2, 0.25) is 0 Å². The molecule has 0 saturated carbocycles. The van der Waals surface area contributed by atoms with Crippen LogP contribution in [0.2, 0.25) is 0 Å². The van der Waals surface area contributed by atoms with Crippen LogP contribution < -0.4 is 5.32 Å². The number of nitrogens with zero attached hydrogens (tertiary/aromatic N) is 2. The summed E-state index contributed by atoms with van der Waals surface area (Å²) in [4.78, 5) is 8.77. The average Bonchev–Trinajstić information content (AvgIpc) is 2.59.